The van der Waals surface area contributed by atoms with Gasteiger partial charge in [-0.25, -0.2) is 19.9 Å². The van der Waals surface area contributed by atoms with Crippen LogP contribution < -0.4 is 5.73 Å². The van der Waals surface area contributed by atoms with Gasteiger partial charge < -0.3 is 19.3 Å². The average molecular weight is 390 g/mol. The second-order valence-corrected chi connectivity index (χ2v) is 6.58. The summed E-state index contributed by atoms with van der Waals surface area (Å²) in [5.41, 5.74) is 10.7. The lowest BCUT2D eigenvalue weighted by Gasteiger charge is -2.10. The van der Waals surface area contributed by atoms with E-state index in [1.807, 2.05) is 35.9 Å². The van der Waals surface area contributed by atoms with Crippen LogP contribution in [0.3, 0.4) is 0 Å². The summed E-state index contributed by atoms with van der Waals surface area (Å²) in [5.74, 6) is 1.18. The zero-order valence-electron chi connectivity index (χ0n) is 15.9. The molecule has 0 aromatic carbocycles. The summed E-state index contributed by atoms with van der Waals surface area (Å²) < 4.78 is 14.2. The molecule has 10 heteroatoms. The summed E-state index contributed by atoms with van der Waals surface area (Å²) in [6.07, 6.45) is 7.44. The first-order valence-electron chi connectivity index (χ1n) is 9.03. The van der Waals surface area contributed by atoms with Crippen molar-refractivity contribution in [2.75, 3.05) is 19.5 Å². The molecule has 0 atom stereocenters. The maximum absolute atomic E-state index is 6.18. The van der Waals surface area contributed by atoms with Gasteiger partial charge in [-0.1, -0.05) is 0 Å². The monoisotopic (exact) mass is 390 g/mol. The van der Waals surface area contributed by atoms with E-state index in [4.69, 9.17) is 19.9 Å². The van der Waals surface area contributed by atoms with Gasteiger partial charge in [-0.15, -0.1) is 5.10 Å². The standard InChI is InChI=1S/C19H18N8O2/c1-11-9-22-14-4-3-12(10-26(11)14)15-16(18-21-6-8-29-18)24-19(20)27-17(15)23-13(25-27)5-7-28-2/h3-4,6,8-10H,5,7H2,1-2H3,(H2,20,24). The Hall–Kier alpha value is -3.79. The lowest BCUT2D eigenvalue weighted by Crippen LogP contribution is -2.06. The van der Waals surface area contributed by atoms with Crippen molar-refractivity contribution in [1.82, 2.24) is 34.0 Å². The number of nitrogens with two attached hydrogens (primary N) is 1. The fourth-order valence-corrected chi connectivity index (χ4v) is 3.31. The van der Waals surface area contributed by atoms with Crippen molar-refractivity contribution in [3.63, 3.8) is 0 Å². The van der Waals surface area contributed by atoms with E-state index < -0.39 is 0 Å². The van der Waals surface area contributed by atoms with E-state index in [1.54, 1.807) is 13.3 Å². The van der Waals surface area contributed by atoms with Crippen LogP contribution >= 0.6 is 0 Å². The van der Waals surface area contributed by atoms with Crippen molar-refractivity contribution in [2.24, 2.45) is 0 Å². The minimum atomic E-state index is 0.202. The Morgan fingerprint density at radius 3 is 2.90 bits per heavy atom. The summed E-state index contributed by atoms with van der Waals surface area (Å²) in [6, 6.07) is 3.90. The van der Waals surface area contributed by atoms with E-state index in [0.29, 0.717) is 36.1 Å². The van der Waals surface area contributed by atoms with E-state index in [0.717, 1.165) is 22.5 Å². The minimum Gasteiger partial charge on any atom is -0.443 e. The zero-order valence-corrected chi connectivity index (χ0v) is 15.9. The molecular weight excluding hydrogens is 372 g/mol. The number of anilines is 1. The number of nitrogens with zero attached hydrogens (tertiary/aromatic N) is 7. The Labute approximate surface area is 165 Å². The number of aryl methyl sites for hydroxylation is 1. The predicted octanol–water partition coefficient (Wildman–Crippen LogP) is 2.17. The number of imidazole rings is 1. The smallest absolute Gasteiger partial charge is 0.245 e. The van der Waals surface area contributed by atoms with E-state index in [-0.39, 0.29) is 5.95 Å². The Bertz CT molecular complexity index is 1320. The largest absolute Gasteiger partial charge is 0.443 e. The number of ether oxygens (including phenoxy) is 1. The van der Waals surface area contributed by atoms with Crippen molar-refractivity contribution in [1.29, 1.82) is 0 Å². The molecule has 10 nitrogen and oxygen atoms in total. The molecule has 146 valence electrons. The topological polar surface area (TPSA) is 122 Å². The Kier molecular flexibility index (Phi) is 3.98. The van der Waals surface area contributed by atoms with Gasteiger partial charge in [-0.05, 0) is 19.1 Å². The van der Waals surface area contributed by atoms with Gasteiger partial charge in [-0.3, -0.25) is 0 Å². The number of hydrogen-bond donors (Lipinski definition) is 1. The third-order valence-electron chi connectivity index (χ3n) is 4.70. The molecule has 0 fully saturated rings. The highest BCUT2D eigenvalue weighted by atomic mass is 16.5. The van der Waals surface area contributed by atoms with Gasteiger partial charge in [0.25, 0.3) is 0 Å². The second-order valence-electron chi connectivity index (χ2n) is 6.58. The highest BCUT2D eigenvalue weighted by Gasteiger charge is 2.22. The number of methoxy groups -OCH3 is 1. The minimum absolute atomic E-state index is 0.202. The van der Waals surface area contributed by atoms with Crippen molar-refractivity contribution >= 4 is 17.2 Å². The third-order valence-corrected chi connectivity index (χ3v) is 4.70. The summed E-state index contributed by atoms with van der Waals surface area (Å²) >= 11 is 0. The quantitative estimate of drug-likeness (QED) is 0.484. The van der Waals surface area contributed by atoms with Crippen LogP contribution in [-0.2, 0) is 11.2 Å². The fourth-order valence-electron chi connectivity index (χ4n) is 3.31. The molecule has 0 saturated carbocycles. The van der Waals surface area contributed by atoms with Crippen molar-refractivity contribution in [2.45, 2.75) is 13.3 Å². The SMILES string of the molecule is COCCc1nc2c(-c3ccc4ncc(C)n4c3)c(-c3ncco3)nc(N)n2n1. The van der Waals surface area contributed by atoms with Crippen LogP contribution in [0.5, 0.6) is 0 Å². The predicted molar refractivity (Wildman–Crippen MR) is 105 cm³/mol. The van der Waals surface area contributed by atoms with Crippen LogP contribution in [0.15, 0.2) is 41.4 Å². The highest BCUT2D eigenvalue weighted by Crippen LogP contribution is 2.34. The third kappa shape index (κ3) is 2.81. The van der Waals surface area contributed by atoms with E-state index in [9.17, 15) is 0 Å². The van der Waals surface area contributed by atoms with Gasteiger partial charge in [0.05, 0.1) is 18.4 Å². The molecule has 5 heterocycles. The lowest BCUT2D eigenvalue weighted by atomic mass is 10.1. The molecule has 0 unspecified atom stereocenters. The van der Waals surface area contributed by atoms with Crippen LogP contribution in [-0.4, -0.2) is 47.7 Å². The molecule has 0 amide bonds. The Morgan fingerprint density at radius 2 is 2.10 bits per heavy atom. The highest BCUT2D eigenvalue weighted by molar-refractivity contribution is 5.88. The summed E-state index contributed by atoms with van der Waals surface area (Å²) in [7, 11) is 1.64. The molecule has 29 heavy (non-hydrogen) atoms. The first-order valence-corrected chi connectivity index (χ1v) is 9.03. The summed E-state index contributed by atoms with van der Waals surface area (Å²) in [5, 5.41) is 4.50. The maximum Gasteiger partial charge on any atom is 0.245 e. The molecule has 0 bridgehead atoms. The van der Waals surface area contributed by atoms with Crippen molar-refractivity contribution in [3.8, 4) is 22.7 Å². The zero-order chi connectivity index (χ0) is 20.0. The van der Waals surface area contributed by atoms with Crippen molar-refractivity contribution in [3.05, 3.63) is 48.5 Å². The Morgan fingerprint density at radius 1 is 1.21 bits per heavy atom. The van der Waals surface area contributed by atoms with Crippen LogP contribution in [0.4, 0.5) is 5.95 Å². The number of nitrogen functional groups attached to an aromatic ring is 1. The number of aromatic nitrogens is 7. The average Bonchev–Trinajstić information content (AvgIpc) is 3.46. The molecule has 5 rings (SSSR count). The molecule has 5 aromatic heterocycles. The number of hydrogen-bond acceptors (Lipinski definition) is 8. The molecule has 0 saturated heterocycles. The van der Waals surface area contributed by atoms with Crippen LogP contribution in [0.2, 0.25) is 0 Å². The van der Waals surface area contributed by atoms with Gasteiger partial charge >= 0.3 is 0 Å². The second kappa shape index (κ2) is 6.67. The molecular formula is C19H18N8O2. The van der Waals surface area contributed by atoms with E-state index in [1.165, 1.54) is 10.8 Å². The number of oxazole rings is 1. The molecule has 0 spiro atoms. The van der Waals surface area contributed by atoms with E-state index >= 15 is 0 Å². The molecule has 0 aliphatic carbocycles. The normalized spacial score (nSPS) is 11.7. The number of fused-ring (bicyclic) bond motifs is 2. The van der Waals surface area contributed by atoms with Crippen LogP contribution in [0, 0.1) is 6.92 Å². The number of rotatable bonds is 5. The first-order chi connectivity index (χ1) is 14.2. The number of pyridine rings is 1. The van der Waals surface area contributed by atoms with Crippen molar-refractivity contribution < 1.29 is 9.15 Å². The first kappa shape index (κ1) is 17.3. The fraction of sp³-hybridized carbons (Fsp3) is 0.211. The van der Waals surface area contributed by atoms with Gasteiger partial charge in [0.2, 0.25) is 11.8 Å². The molecule has 5 aromatic rings. The van der Waals surface area contributed by atoms with Gasteiger partial charge in [0.15, 0.2) is 11.5 Å². The van der Waals surface area contributed by atoms with Crippen LogP contribution in [0.1, 0.15) is 11.5 Å². The van der Waals surface area contributed by atoms with E-state index in [2.05, 4.69) is 20.1 Å². The van der Waals surface area contributed by atoms with Gasteiger partial charge in [-0.2, -0.15) is 4.52 Å². The van der Waals surface area contributed by atoms with Gasteiger partial charge in [0, 0.05) is 37.2 Å². The molecule has 2 N–H and O–H groups in total. The summed E-state index contributed by atoms with van der Waals surface area (Å²) in [6.45, 7) is 2.50. The summed E-state index contributed by atoms with van der Waals surface area (Å²) in [4.78, 5) is 17.9. The molecule has 0 aliphatic heterocycles. The lowest BCUT2D eigenvalue weighted by molar-refractivity contribution is 0.200. The molecule has 0 radical (unpaired) electrons. The van der Waals surface area contributed by atoms with Crippen LogP contribution in [0.25, 0.3) is 34.0 Å². The van der Waals surface area contributed by atoms with Gasteiger partial charge in [0.1, 0.15) is 17.6 Å². The maximum atomic E-state index is 6.18. The molecule has 0 aliphatic rings. The Balaban J connectivity index is 1.82.